The Bertz CT molecular complexity index is 483. The highest BCUT2D eigenvalue weighted by Gasteiger charge is 2.33. The van der Waals surface area contributed by atoms with Crippen LogP contribution in [-0.4, -0.2) is 64.1 Å². The van der Waals surface area contributed by atoms with Crippen LogP contribution in [0.4, 0.5) is 0 Å². The molecule has 2 unspecified atom stereocenters. The molecule has 2 fully saturated rings. The number of aryl methyl sites for hydroxylation is 1. The van der Waals surface area contributed by atoms with Gasteiger partial charge in [0.25, 0.3) is 5.91 Å². The highest BCUT2D eigenvalue weighted by atomic mass is 32.1. The van der Waals surface area contributed by atoms with Crippen molar-refractivity contribution < 1.29 is 9.90 Å². The molecular weight excluding hydrogens is 274 g/mol. The number of amides is 1. The van der Waals surface area contributed by atoms with Gasteiger partial charge < -0.3 is 10.0 Å². The Labute approximate surface area is 123 Å². The highest BCUT2D eigenvalue weighted by molar-refractivity contribution is 7.13. The van der Waals surface area contributed by atoms with Gasteiger partial charge in [0.05, 0.1) is 17.3 Å². The molecule has 0 radical (unpaired) electrons. The summed E-state index contributed by atoms with van der Waals surface area (Å²) in [4.78, 5) is 21.5. The Morgan fingerprint density at radius 3 is 2.65 bits per heavy atom. The average Bonchev–Trinajstić information content (AvgIpc) is 3.07. The molecule has 0 spiro atoms. The van der Waals surface area contributed by atoms with E-state index in [1.807, 2.05) is 11.8 Å². The second-order valence-electron chi connectivity index (χ2n) is 5.64. The van der Waals surface area contributed by atoms with E-state index in [9.17, 15) is 9.90 Å². The van der Waals surface area contributed by atoms with E-state index in [2.05, 4.69) is 9.88 Å². The molecule has 0 bridgehead atoms. The third kappa shape index (κ3) is 2.73. The van der Waals surface area contributed by atoms with Crippen molar-refractivity contribution in [3.63, 3.8) is 0 Å². The third-order valence-corrected chi connectivity index (χ3v) is 5.25. The smallest absolute Gasteiger partial charge is 0.265 e. The lowest BCUT2D eigenvalue weighted by molar-refractivity contribution is 0.0317. The summed E-state index contributed by atoms with van der Waals surface area (Å²) in [7, 11) is 0. The number of hydrogen-bond acceptors (Lipinski definition) is 5. The monoisotopic (exact) mass is 295 g/mol. The summed E-state index contributed by atoms with van der Waals surface area (Å²) in [6.07, 6.45) is 4.62. The first-order valence-corrected chi connectivity index (χ1v) is 8.10. The van der Waals surface area contributed by atoms with Crippen molar-refractivity contribution in [2.75, 3.05) is 26.2 Å². The van der Waals surface area contributed by atoms with Crippen molar-refractivity contribution in [3.05, 3.63) is 16.1 Å². The number of aliphatic hydroxyl groups excluding tert-OH is 1. The Morgan fingerprint density at radius 2 is 2.10 bits per heavy atom. The molecule has 5 nitrogen and oxygen atoms in total. The van der Waals surface area contributed by atoms with Crippen molar-refractivity contribution in [2.45, 2.75) is 38.3 Å². The van der Waals surface area contributed by atoms with Crippen molar-refractivity contribution in [2.24, 2.45) is 0 Å². The molecule has 1 aromatic heterocycles. The molecule has 0 aromatic carbocycles. The van der Waals surface area contributed by atoms with Gasteiger partial charge in [-0.2, -0.15) is 0 Å². The van der Waals surface area contributed by atoms with Crippen LogP contribution >= 0.6 is 11.3 Å². The van der Waals surface area contributed by atoms with Gasteiger partial charge in [0.1, 0.15) is 4.88 Å². The zero-order chi connectivity index (χ0) is 14.1. The van der Waals surface area contributed by atoms with E-state index in [0.29, 0.717) is 6.04 Å². The first-order chi connectivity index (χ1) is 9.65. The van der Waals surface area contributed by atoms with Gasteiger partial charge in [0.15, 0.2) is 0 Å². The van der Waals surface area contributed by atoms with Crippen molar-refractivity contribution in [3.8, 4) is 0 Å². The Kier molecular flexibility index (Phi) is 4.05. The van der Waals surface area contributed by atoms with Gasteiger partial charge in [0, 0.05) is 32.2 Å². The molecule has 1 aliphatic heterocycles. The van der Waals surface area contributed by atoms with E-state index in [1.165, 1.54) is 11.3 Å². The van der Waals surface area contributed by atoms with Gasteiger partial charge in [-0.15, -0.1) is 11.3 Å². The Balaban J connectivity index is 1.57. The fourth-order valence-electron chi connectivity index (χ4n) is 3.22. The topological polar surface area (TPSA) is 56.7 Å². The van der Waals surface area contributed by atoms with E-state index in [0.717, 1.165) is 55.3 Å². The molecular formula is C14H21N3O2S. The Hall–Kier alpha value is -0.980. The van der Waals surface area contributed by atoms with E-state index in [4.69, 9.17) is 0 Å². The molecule has 3 rings (SSSR count). The van der Waals surface area contributed by atoms with Gasteiger partial charge in [-0.1, -0.05) is 0 Å². The summed E-state index contributed by atoms with van der Waals surface area (Å²) < 4.78 is 0. The molecule has 2 heterocycles. The molecule has 110 valence electrons. The number of thiazole rings is 1. The van der Waals surface area contributed by atoms with E-state index >= 15 is 0 Å². The second kappa shape index (κ2) is 5.79. The van der Waals surface area contributed by atoms with Crippen LogP contribution in [0, 0.1) is 6.92 Å². The van der Waals surface area contributed by atoms with Crippen LogP contribution in [0.15, 0.2) is 6.20 Å². The number of rotatable bonds is 2. The van der Waals surface area contributed by atoms with Gasteiger partial charge in [-0.25, -0.2) is 4.98 Å². The van der Waals surface area contributed by atoms with Crippen LogP contribution in [0.3, 0.4) is 0 Å². The summed E-state index contributed by atoms with van der Waals surface area (Å²) in [6, 6.07) is 0.304. The van der Waals surface area contributed by atoms with Gasteiger partial charge in [-0.05, 0) is 26.2 Å². The normalized spacial score (nSPS) is 28.0. The van der Waals surface area contributed by atoms with Crippen molar-refractivity contribution >= 4 is 17.2 Å². The van der Waals surface area contributed by atoms with Crippen LogP contribution in [0.5, 0.6) is 0 Å². The molecule has 1 N–H and O–H groups in total. The quantitative estimate of drug-likeness (QED) is 0.888. The van der Waals surface area contributed by atoms with E-state index in [1.54, 1.807) is 6.20 Å². The zero-order valence-electron chi connectivity index (χ0n) is 11.8. The molecule has 20 heavy (non-hydrogen) atoms. The molecule has 2 atom stereocenters. The number of piperazine rings is 1. The number of aromatic nitrogens is 1. The van der Waals surface area contributed by atoms with Gasteiger partial charge in [0.2, 0.25) is 0 Å². The summed E-state index contributed by atoms with van der Waals surface area (Å²) in [5.41, 5.74) is 0. The summed E-state index contributed by atoms with van der Waals surface area (Å²) in [6.45, 7) is 5.15. The molecule has 1 saturated carbocycles. The second-order valence-corrected chi connectivity index (χ2v) is 6.87. The predicted octanol–water partition coefficient (Wildman–Crippen LogP) is 1.12. The summed E-state index contributed by atoms with van der Waals surface area (Å²) in [5.74, 6) is 0.0993. The maximum absolute atomic E-state index is 12.3. The lowest BCUT2D eigenvalue weighted by atomic mass is 10.1. The van der Waals surface area contributed by atoms with Crippen LogP contribution in [0.2, 0.25) is 0 Å². The maximum Gasteiger partial charge on any atom is 0.265 e. The Morgan fingerprint density at radius 1 is 1.35 bits per heavy atom. The average molecular weight is 295 g/mol. The summed E-state index contributed by atoms with van der Waals surface area (Å²) in [5, 5.41) is 10.9. The number of nitrogens with zero attached hydrogens (tertiary/aromatic N) is 3. The number of carbonyl (C=O) groups excluding carboxylic acids is 1. The lowest BCUT2D eigenvalue weighted by Crippen LogP contribution is -2.53. The number of hydrogen-bond donors (Lipinski definition) is 1. The first-order valence-electron chi connectivity index (χ1n) is 7.29. The van der Waals surface area contributed by atoms with Crippen molar-refractivity contribution in [1.82, 2.24) is 14.8 Å². The molecule has 1 saturated heterocycles. The van der Waals surface area contributed by atoms with Gasteiger partial charge >= 0.3 is 0 Å². The minimum atomic E-state index is -0.179. The highest BCUT2D eigenvalue weighted by Crippen LogP contribution is 2.25. The standard InChI is InChI=1S/C14H21N3O2S/c1-10-15-9-13(20-10)14(19)17-7-5-16(6-8-17)11-3-2-4-12(11)18/h9,11-12,18H,2-8H2,1H3. The van der Waals surface area contributed by atoms with Crippen LogP contribution < -0.4 is 0 Å². The number of carbonyl (C=O) groups is 1. The fraction of sp³-hybridized carbons (Fsp3) is 0.714. The summed E-state index contributed by atoms with van der Waals surface area (Å²) >= 11 is 1.46. The molecule has 1 aliphatic carbocycles. The van der Waals surface area contributed by atoms with Gasteiger partial charge in [-0.3, -0.25) is 9.69 Å². The molecule has 6 heteroatoms. The van der Waals surface area contributed by atoms with Crippen LogP contribution in [0.25, 0.3) is 0 Å². The lowest BCUT2D eigenvalue weighted by Gasteiger charge is -2.38. The fourth-order valence-corrected chi connectivity index (χ4v) is 3.97. The van der Waals surface area contributed by atoms with E-state index in [-0.39, 0.29) is 12.0 Å². The molecule has 1 aromatic rings. The predicted molar refractivity (Wildman–Crippen MR) is 78.0 cm³/mol. The van der Waals surface area contributed by atoms with Crippen LogP contribution in [0.1, 0.15) is 33.9 Å². The number of aliphatic hydroxyl groups is 1. The molecule has 2 aliphatic rings. The zero-order valence-corrected chi connectivity index (χ0v) is 12.6. The minimum Gasteiger partial charge on any atom is -0.391 e. The third-order valence-electron chi connectivity index (χ3n) is 4.35. The maximum atomic E-state index is 12.3. The van der Waals surface area contributed by atoms with Crippen molar-refractivity contribution in [1.29, 1.82) is 0 Å². The first kappa shape index (κ1) is 14.0. The SMILES string of the molecule is Cc1ncc(C(=O)N2CCN(C3CCCC3O)CC2)s1. The minimum absolute atomic E-state index is 0.0993. The molecule has 1 amide bonds. The van der Waals surface area contributed by atoms with Crippen LogP contribution in [-0.2, 0) is 0 Å². The largest absolute Gasteiger partial charge is 0.391 e. The van der Waals surface area contributed by atoms with E-state index < -0.39 is 0 Å².